The second kappa shape index (κ2) is 7.46. The van der Waals surface area contributed by atoms with Gasteiger partial charge in [-0.15, -0.1) is 0 Å². The van der Waals surface area contributed by atoms with E-state index in [0.717, 1.165) is 12.1 Å². The summed E-state index contributed by atoms with van der Waals surface area (Å²) in [5, 5.41) is 34.7. The molecule has 0 amide bonds. The number of nitrogens with zero attached hydrogens (tertiary/aromatic N) is 4. The molecule has 0 aliphatic rings. The van der Waals surface area contributed by atoms with Gasteiger partial charge in [-0.05, 0) is 11.6 Å². The number of hydrogen-bond donors (Lipinski definition) is 1. The third-order valence-electron chi connectivity index (χ3n) is 3.05. The first kappa shape index (κ1) is 16.6. The molecule has 0 spiro atoms. The minimum Gasteiger partial charge on any atom is -0.271 e. The molecule has 0 aromatic heterocycles. The van der Waals surface area contributed by atoms with Crippen LogP contribution in [0.4, 0.5) is 17.1 Å². The van der Waals surface area contributed by atoms with Crippen LogP contribution in [-0.2, 0) is 0 Å². The van der Waals surface area contributed by atoms with E-state index in [2.05, 4.69) is 10.5 Å². The van der Waals surface area contributed by atoms with Crippen LogP contribution in [0.2, 0.25) is 0 Å². The minimum atomic E-state index is -0.739. The van der Waals surface area contributed by atoms with Crippen molar-refractivity contribution in [1.82, 2.24) is 0 Å². The van der Waals surface area contributed by atoms with Gasteiger partial charge < -0.3 is 0 Å². The van der Waals surface area contributed by atoms with Crippen molar-refractivity contribution < 1.29 is 9.85 Å². The molecule has 24 heavy (non-hydrogen) atoms. The van der Waals surface area contributed by atoms with Crippen LogP contribution >= 0.6 is 0 Å². The number of nitrogens with one attached hydrogen (secondary N) is 1. The quantitative estimate of drug-likeness (QED) is 0.492. The topological polar surface area (TPSA) is 134 Å². The highest BCUT2D eigenvalue weighted by atomic mass is 16.6. The Morgan fingerprint density at radius 1 is 1.12 bits per heavy atom. The maximum atomic E-state index is 11.1. The molecule has 2 aromatic carbocycles. The van der Waals surface area contributed by atoms with Crippen LogP contribution in [0.1, 0.15) is 12.0 Å². The van der Waals surface area contributed by atoms with E-state index in [1.807, 2.05) is 12.1 Å². The molecule has 0 unspecified atom stereocenters. The third kappa shape index (κ3) is 3.89. The summed E-state index contributed by atoms with van der Waals surface area (Å²) in [4.78, 5) is 20.3. The first-order chi connectivity index (χ1) is 11.5. The third-order valence-corrected chi connectivity index (χ3v) is 3.05. The van der Waals surface area contributed by atoms with Crippen molar-refractivity contribution in [1.29, 1.82) is 5.26 Å². The Morgan fingerprint density at radius 3 is 2.42 bits per heavy atom. The van der Waals surface area contributed by atoms with E-state index in [0.29, 0.717) is 11.3 Å². The zero-order valence-corrected chi connectivity index (χ0v) is 12.2. The lowest BCUT2D eigenvalue weighted by Crippen LogP contribution is -2.05. The monoisotopic (exact) mass is 325 g/mol. The van der Waals surface area contributed by atoms with E-state index in [1.165, 1.54) is 6.07 Å². The lowest BCUT2D eigenvalue weighted by Gasteiger charge is -2.05. The molecule has 0 aliphatic carbocycles. The van der Waals surface area contributed by atoms with Gasteiger partial charge in [-0.2, -0.15) is 10.4 Å². The van der Waals surface area contributed by atoms with Gasteiger partial charge in [0.2, 0.25) is 0 Å². The van der Waals surface area contributed by atoms with Crippen molar-refractivity contribution in [2.45, 2.75) is 6.42 Å². The van der Waals surface area contributed by atoms with Crippen molar-refractivity contribution >= 4 is 22.8 Å². The van der Waals surface area contributed by atoms with Gasteiger partial charge in [0.25, 0.3) is 5.69 Å². The van der Waals surface area contributed by atoms with Crippen LogP contribution in [0.15, 0.2) is 53.6 Å². The zero-order chi connectivity index (χ0) is 17.5. The Kier molecular flexibility index (Phi) is 5.15. The lowest BCUT2D eigenvalue weighted by molar-refractivity contribution is -0.393. The molecule has 9 heteroatoms. The van der Waals surface area contributed by atoms with Crippen LogP contribution in [0.5, 0.6) is 0 Å². The predicted octanol–water partition coefficient (Wildman–Crippen LogP) is 3.23. The van der Waals surface area contributed by atoms with Crippen molar-refractivity contribution in [2.75, 3.05) is 5.43 Å². The maximum absolute atomic E-state index is 11.1. The smallest absolute Gasteiger partial charge is 0.271 e. The molecule has 120 valence electrons. The molecule has 9 nitrogen and oxygen atoms in total. The average molecular weight is 325 g/mol. The van der Waals surface area contributed by atoms with Gasteiger partial charge in [0.15, 0.2) is 0 Å². The fourth-order valence-corrected chi connectivity index (χ4v) is 1.92. The summed E-state index contributed by atoms with van der Waals surface area (Å²) in [5.74, 6) is 0. The van der Waals surface area contributed by atoms with Crippen LogP contribution < -0.4 is 5.43 Å². The first-order valence-corrected chi connectivity index (χ1v) is 6.70. The summed E-state index contributed by atoms with van der Waals surface area (Å²) in [7, 11) is 0. The van der Waals surface area contributed by atoms with E-state index in [1.54, 1.807) is 24.3 Å². The normalized spacial score (nSPS) is 10.7. The summed E-state index contributed by atoms with van der Waals surface area (Å²) in [6.45, 7) is 0. The molecule has 0 fully saturated rings. The summed E-state index contributed by atoms with van der Waals surface area (Å²) in [6, 6.07) is 14.0. The van der Waals surface area contributed by atoms with Crippen LogP contribution in [-0.4, -0.2) is 15.6 Å². The summed E-state index contributed by atoms with van der Waals surface area (Å²) >= 11 is 0. The molecule has 0 bridgehead atoms. The van der Waals surface area contributed by atoms with Crippen molar-refractivity contribution in [3.05, 3.63) is 74.3 Å². The summed E-state index contributed by atoms with van der Waals surface area (Å²) < 4.78 is 0. The Balaban J connectivity index is 2.37. The van der Waals surface area contributed by atoms with Crippen molar-refractivity contribution in [3.8, 4) is 6.07 Å². The van der Waals surface area contributed by atoms with Gasteiger partial charge in [-0.25, -0.2) is 0 Å². The average Bonchev–Trinajstić information content (AvgIpc) is 2.59. The molecule has 0 saturated heterocycles. The Labute approximate surface area is 136 Å². The number of nitriles is 1. The number of rotatable bonds is 6. The number of benzene rings is 2. The number of anilines is 1. The van der Waals surface area contributed by atoms with Crippen molar-refractivity contribution in [2.24, 2.45) is 5.10 Å². The number of non-ortho nitro benzene ring substituents is 1. The molecule has 2 aromatic rings. The van der Waals surface area contributed by atoms with E-state index >= 15 is 0 Å². The maximum Gasteiger partial charge on any atom is 0.301 e. The minimum absolute atomic E-state index is 0.00219. The first-order valence-electron chi connectivity index (χ1n) is 6.70. The molecular weight excluding hydrogens is 314 g/mol. The van der Waals surface area contributed by atoms with Crippen molar-refractivity contribution in [3.63, 3.8) is 0 Å². The number of nitro groups is 2. The Morgan fingerprint density at radius 2 is 1.83 bits per heavy atom. The molecule has 1 N–H and O–H groups in total. The van der Waals surface area contributed by atoms with Gasteiger partial charge in [-0.3, -0.25) is 25.7 Å². The van der Waals surface area contributed by atoms with Crippen LogP contribution in [0.25, 0.3) is 0 Å². The molecule has 0 saturated carbocycles. The van der Waals surface area contributed by atoms with Crippen LogP contribution in [0, 0.1) is 31.6 Å². The summed E-state index contributed by atoms with van der Waals surface area (Å²) in [6.07, 6.45) is -0.00219. The number of hydrazone groups is 1. The number of nitro benzene ring substituents is 2. The lowest BCUT2D eigenvalue weighted by atomic mass is 10.1. The highest BCUT2D eigenvalue weighted by Gasteiger charge is 2.19. The van der Waals surface area contributed by atoms with E-state index in [-0.39, 0.29) is 12.1 Å². The van der Waals surface area contributed by atoms with Gasteiger partial charge in [0.1, 0.15) is 5.69 Å². The zero-order valence-electron chi connectivity index (χ0n) is 12.2. The fraction of sp³-hybridized carbons (Fsp3) is 0.0667. The Bertz CT molecular complexity index is 843. The second-order valence-corrected chi connectivity index (χ2v) is 4.59. The van der Waals surface area contributed by atoms with Gasteiger partial charge >= 0.3 is 5.69 Å². The molecule has 0 heterocycles. The second-order valence-electron chi connectivity index (χ2n) is 4.59. The predicted molar refractivity (Wildman–Crippen MR) is 86.6 cm³/mol. The largest absolute Gasteiger partial charge is 0.301 e. The van der Waals surface area contributed by atoms with Gasteiger partial charge in [0, 0.05) is 6.07 Å². The molecule has 0 aliphatic heterocycles. The Hall–Kier alpha value is -3.80. The molecule has 0 atom stereocenters. The highest BCUT2D eigenvalue weighted by Crippen LogP contribution is 2.29. The van der Waals surface area contributed by atoms with E-state index < -0.39 is 21.2 Å². The molecule has 2 rings (SSSR count). The highest BCUT2D eigenvalue weighted by molar-refractivity contribution is 6.02. The molecular formula is C15H11N5O4. The van der Waals surface area contributed by atoms with Gasteiger partial charge in [-0.1, -0.05) is 30.3 Å². The van der Waals surface area contributed by atoms with Gasteiger partial charge in [0.05, 0.1) is 34.1 Å². The molecule has 0 radical (unpaired) electrons. The summed E-state index contributed by atoms with van der Waals surface area (Å²) in [5.41, 5.74) is 2.73. The standard InChI is InChI=1S/C15H11N5O4/c16-9-8-13(11-4-2-1-3-5-11)17-18-14-7-6-12(19(21)22)10-15(14)20(23)24/h1-7,10,18H,8H2. The number of hydrogen-bond acceptors (Lipinski definition) is 7. The van der Waals surface area contributed by atoms with Crippen LogP contribution in [0.3, 0.4) is 0 Å². The van der Waals surface area contributed by atoms with E-state index in [4.69, 9.17) is 5.26 Å². The van der Waals surface area contributed by atoms with E-state index in [9.17, 15) is 20.2 Å². The SMILES string of the molecule is N#CCC(=NNc1ccc([N+](=O)[O-])cc1[N+](=O)[O-])c1ccccc1. The fourth-order valence-electron chi connectivity index (χ4n) is 1.92.